The average molecular weight is 898 g/mol. The van der Waals surface area contributed by atoms with Crippen LogP contribution in [0, 0.1) is 0 Å². The van der Waals surface area contributed by atoms with E-state index in [0.717, 1.165) is 64.2 Å². The zero-order valence-electron chi connectivity index (χ0n) is 39.6. The van der Waals surface area contributed by atoms with Crippen molar-refractivity contribution in [1.82, 2.24) is 0 Å². The molecule has 356 valence electrons. The number of unbranched alkanes of at least 4 members (excludes halogenated alkanes) is 6. The summed E-state index contributed by atoms with van der Waals surface area (Å²) in [6.45, 7) is 3.81. The van der Waals surface area contributed by atoms with E-state index in [1.807, 2.05) is 39.4 Å². The Hall–Kier alpha value is -3.63. The van der Waals surface area contributed by atoms with Crippen LogP contribution >= 0.6 is 7.82 Å². The van der Waals surface area contributed by atoms with Crippen molar-refractivity contribution in [2.24, 2.45) is 0 Å². The van der Waals surface area contributed by atoms with Crippen molar-refractivity contribution in [3.05, 3.63) is 122 Å². The van der Waals surface area contributed by atoms with E-state index >= 15 is 0 Å². The highest BCUT2D eigenvalue weighted by atomic mass is 31.2. The van der Waals surface area contributed by atoms with Gasteiger partial charge in [-0.2, -0.15) is 0 Å². The molecule has 0 aromatic carbocycles. The molecule has 0 aliphatic rings. The molecule has 2 unspecified atom stereocenters. The topological polar surface area (TPSA) is 131 Å². The van der Waals surface area contributed by atoms with Crippen molar-refractivity contribution in [2.75, 3.05) is 47.5 Å². The van der Waals surface area contributed by atoms with Gasteiger partial charge >= 0.3 is 11.9 Å². The lowest BCUT2D eigenvalue weighted by Gasteiger charge is -2.28. The van der Waals surface area contributed by atoms with E-state index in [2.05, 4.69) is 98.9 Å². The molecule has 1 N–H and O–H groups in total. The number of nitrogens with zero attached hydrogens (tertiary/aromatic N) is 1. The fraction of sp³-hybridized carbons (Fsp3) is 0.577. The fourth-order valence-corrected chi connectivity index (χ4v) is 6.12. The van der Waals surface area contributed by atoms with Crippen LogP contribution in [0.25, 0.3) is 0 Å². The van der Waals surface area contributed by atoms with Gasteiger partial charge in [-0.15, -0.1) is 0 Å². The molecular weight excluding hydrogens is 814 g/mol. The lowest BCUT2D eigenvalue weighted by Crippen LogP contribution is -2.37. The van der Waals surface area contributed by atoms with Gasteiger partial charge in [0, 0.05) is 12.8 Å². The van der Waals surface area contributed by atoms with Crippen molar-refractivity contribution in [2.45, 2.75) is 148 Å². The van der Waals surface area contributed by atoms with Crippen LogP contribution in [0.5, 0.6) is 0 Å². The molecule has 0 aliphatic heterocycles. The van der Waals surface area contributed by atoms with Gasteiger partial charge in [-0.1, -0.05) is 155 Å². The van der Waals surface area contributed by atoms with E-state index in [1.54, 1.807) is 18.2 Å². The second-order valence-corrected chi connectivity index (χ2v) is 17.6. The summed E-state index contributed by atoms with van der Waals surface area (Å²) in [4.78, 5) is 37.6. The van der Waals surface area contributed by atoms with Gasteiger partial charge in [0.15, 0.2) is 6.10 Å². The molecule has 63 heavy (non-hydrogen) atoms. The zero-order valence-corrected chi connectivity index (χ0v) is 40.5. The number of aliphatic hydroxyl groups is 1. The molecule has 0 fully saturated rings. The fourth-order valence-electron chi connectivity index (χ4n) is 5.39. The SMILES string of the molecule is CC/C=C\C/C=C\C/C=C\C/C=C\C=C/C(O)C/C=C\CCC(=O)O[C@H](COC(=O)CCCCC/C=C\C/C=C\C/C=C\C/C=C\CCCCC)COP(=O)([O-])OCC[N+](C)(C)C. The summed E-state index contributed by atoms with van der Waals surface area (Å²) < 4.78 is 33.7. The Morgan fingerprint density at radius 3 is 1.71 bits per heavy atom. The number of hydrogen-bond donors (Lipinski definition) is 1. The first-order chi connectivity index (χ1) is 30.4. The third kappa shape index (κ3) is 46.2. The van der Waals surface area contributed by atoms with E-state index < -0.39 is 38.6 Å². The number of ether oxygens (including phenoxy) is 2. The first-order valence-corrected chi connectivity index (χ1v) is 24.8. The van der Waals surface area contributed by atoms with E-state index in [-0.39, 0.29) is 26.1 Å². The molecule has 0 spiro atoms. The van der Waals surface area contributed by atoms with Gasteiger partial charge in [0.1, 0.15) is 19.8 Å². The second kappa shape index (κ2) is 42.3. The number of phosphoric ester groups is 1. The maximum absolute atomic E-state index is 12.7. The highest BCUT2D eigenvalue weighted by Gasteiger charge is 2.21. The van der Waals surface area contributed by atoms with Gasteiger partial charge in [-0.3, -0.25) is 14.2 Å². The van der Waals surface area contributed by atoms with Crippen molar-refractivity contribution in [1.29, 1.82) is 0 Å². The third-order valence-electron chi connectivity index (χ3n) is 9.06. The number of likely N-dealkylation sites (N-methyl/N-ethyl adjacent to an activating group) is 1. The summed E-state index contributed by atoms with van der Waals surface area (Å²) in [5.74, 6) is -1.07. The van der Waals surface area contributed by atoms with Gasteiger partial charge in [-0.05, 0) is 89.9 Å². The number of allylic oxidation sites excluding steroid dienone is 18. The molecule has 0 rings (SSSR count). The van der Waals surface area contributed by atoms with Gasteiger partial charge in [0.2, 0.25) is 0 Å². The Balaban J connectivity index is 4.63. The molecule has 3 atom stereocenters. The Morgan fingerprint density at radius 1 is 0.603 bits per heavy atom. The maximum atomic E-state index is 12.7. The van der Waals surface area contributed by atoms with Crippen LogP contribution in [-0.2, 0) is 32.7 Å². The Kier molecular flexibility index (Phi) is 39.9. The first kappa shape index (κ1) is 59.4. The lowest BCUT2D eigenvalue weighted by molar-refractivity contribution is -0.870. The molecule has 0 radical (unpaired) electrons. The second-order valence-electron chi connectivity index (χ2n) is 16.2. The van der Waals surface area contributed by atoms with Crippen LogP contribution in [0.3, 0.4) is 0 Å². The smallest absolute Gasteiger partial charge is 0.306 e. The number of esters is 2. The third-order valence-corrected chi connectivity index (χ3v) is 10.0. The molecule has 0 aromatic heterocycles. The van der Waals surface area contributed by atoms with Crippen LogP contribution in [-0.4, -0.2) is 81.2 Å². The maximum Gasteiger partial charge on any atom is 0.306 e. The van der Waals surface area contributed by atoms with Crippen LogP contribution in [0.1, 0.15) is 136 Å². The van der Waals surface area contributed by atoms with Gasteiger partial charge in [0.05, 0.1) is 33.9 Å². The van der Waals surface area contributed by atoms with E-state index in [9.17, 15) is 24.2 Å². The predicted molar refractivity (Wildman–Crippen MR) is 260 cm³/mol. The standard InChI is InChI=1S/C52H84NO9P/c1-6-8-10-12-14-16-18-20-21-22-23-24-25-27-29-31-33-35-39-43-51(55)59-47-50(48-61-63(57,58)60-46-45-53(3,4)5)62-52(56)44-40-36-38-42-49(54)41-37-34-32-30-28-26-19-17-15-13-11-9-7-2/h9,11,14-17,20-21,23-24,26-29,32,34,36-38,41,49-50,54H,6-8,10,12-13,18-19,22,25,30-31,33,35,39-40,42-48H2,1-5H3/b11-9-,16-14-,17-15-,21-20-,24-23-,28-26-,29-27-,34-32-,38-36-,41-37-/t49?,50-/m1/s1. The minimum absolute atomic E-state index is 0.00328. The number of hydrogen-bond acceptors (Lipinski definition) is 9. The molecule has 0 aromatic rings. The lowest BCUT2D eigenvalue weighted by atomic mass is 10.1. The van der Waals surface area contributed by atoms with Crippen LogP contribution in [0.2, 0.25) is 0 Å². The predicted octanol–water partition coefficient (Wildman–Crippen LogP) is 12.0. The largest absolute Gasteiger partial charge is 0.756 e. The number of carbonyl (C=O) groups excluding carboxylic acids is 2. The summed E-state index contributed by atoms with van der Waals surface area (Å²) in [6, 6.07) is 0. The van der Waals surface area contributed by atoms with Crippen molar-refractivity contribution >= 4 is 19.8 Å². The van der Waals surface area contributed by atoms with Crippen molar-refractivity contribution in [3.8, 4) is 0 Å². The first-order valence-electron chi connectivity index (χ1n) is 23.4. The van der Waals surface area contributed by atoms with E-state index in [0.29, 0.717) is 30.3 Å². The van der Waals surface area contributed by atoms with Gasteiger partial charge < -0.3 is 33.0 Å². The molecule has 0 saturated heterocycles. The highest BCUT2D eigenvalue weighted by Crippen LogP contribution is 2.38. The minimum Gasteiger partial charge on any atom is -0.756 e. The molecule has 0 bridgehead atoms. The Labute approximate surface area is 382 Å². The van der Waals surface area contributed by atoms with Crippen molar-refractivity contribution < 1.29 is 47.2 Å². The average Bonchev–Trinajstić information content (AvgIpc) is 3.23. The normalized spacial score (nSPS) is 15.1. The Bertz CT molecular complexity index is 1500. The summed E-state index contributed by atoms with van der Waals surface area (Å²) in [7, 11) is 1.01. The number of phosphoric acid groups is 1. The van der Waals surface area contributed by atoms with Crippen LogP contribution < -0.4 is 4.89 Å². The van der Waals surface area contributed by atoms with Crippen LogP contribution in [0.15, 0.2) is 122 Å². The molecule has 10 nitrogen and oxygen atoms in total. The van der Waals surface area contributed by atoms with E-state index in [4.69, 9.17) is 18.5 Å². The van der Waals surface area contributed by atoms with Crippen molar-refractivity contribution in [3.63, 3.8) is 0 Å². The summed E-state index contributed by atoms with van der Waals surface area (Å²) in [5, 5.41) is 10.2. The molecule has 11 heteroatoms. The summed E-state index contributed by atoms with van der Waals surface area (Å²) in [5.41, 5.74) is 0. The molecular formula is C52H84NO9P. The number of carbonyl (C=O) groups is 2. The highest BCUT2D eigenvalue weighted by molar-refractivity contribution is 7.45. The monoisotopic (exact) mass is 898 g/mol. The number of quaternary nitrogens is 1. The number of aliphatic hydroxyl groups excluding tert-OH is 1. The van der Waals surface area contributed by atoms with Gasteiger partial charge in [-0.25, -0.2) is 0 Å². The zero-order chi connectivity index (χ0) is 46.5. The van der Waals surface area contributed by atoms with E-state index in [1.165, 1.54) is 25.7 Å². The Morgan fingerprint density at radius 2 is 1.14 bits per heavy atom. The molecule has 0 heterocycles. The summed E-state index contributed by atoms with van der Waals surface area (Å²) in [6.07, 6.45) is 55.5. The summed E-state index contributed by atoms with van der Waals surface area (Å²) >= 11 is 0. The van der Waals surface area contributed by atoms with Crippen LogP contribution in [0.4, 0.5) is 0 Å². The van der Waals surface area contributed by atoms with Gasteiger partial charge in [0.25, 0.3) is 7.82 Å². The quantitative estimate of drug-likeness (QED) is 0.0159. The number of rotatable bonds is 40. The molecule has 0 aliphatic carbocycles. The molecule has 0 amide bonds. The minimum atomic E-state index is -4.69. The molecule has 0 saturated carbocycles.